The van der Waals surface area contributed by atoms with Gasteiger partial charge >= 0.3 is 5.97 Å². The second-order valence-electron chi connectivity index (χ2n) is 6.26. The van der Waals surface area contributed by atoms with Gasteiger partial charge in [-0.15, -0.1) is 0 Å². The Bertz CT molecular complexity index is 607. The van der Waals surface area contributed by atoms with Gasteiger partial charge in [-0.05, 0) is 48.8 Å². The highest BCUT2D eigenvalue weighted by molar-refractivity contribution is 7.81. The van der Waals surface area contributed by atoms with Crippen LogP contribution in [0.2, 0.25) is 0 Å². The summed E-state index contributed by atoms with van der Waals surface area (Å²) in [6.45, 7) is 0. The Labute approximate surface area is 150 Å². The zero-order chi connectivity index (χ0) is 17.2. The smallest absolute Gasteiger partial charge is 0.316 e. The van der Waals surface area contributed by atoms with Crippen molar-refractivity contribution in [2.45, 2.75) is 50.2 Å². The number of rotatable bonds is 10. The fourth-order valence-electron chi connectivity index (χ4n) is 2.77. The van der Waals surface area contributed by atoms with Gasteiger partial charge in [0.15, 0.2) is 0 Å². The molecule has 128 valence electrons. The van der Waals surface area contributed by atoms with Gasteiger partial charge in [-0.2, -0.15) is 12.6 Å². The molecule has 0 saturated carbocycles. The van der Waals surface area contributed by atoms with Gasteiger partial charge in [-0.1, -0.05) is 67.4 Å². The van der Waals surface area contributed by atoms with Gasteiger partial charge in [0.2, 0.25) is 0 Å². The molecule has 0 aromatic heterocycles. The molecule has 2 nitrogen and oxygen atoms in total. The number of thiol groups is 1. The van der Waals surface area contributed by atoms with E-state index in [1.165, 1.54) is 16.7 Å². The zero-order valence-electron chi connectivity index (χ0n) is 14.0. The number of hydrogen-bond donors (Lipinski definition) is 2. The first-order valence-electron chi connectivity index (χ1n) is 8.68. The summed E-state index contributed by atoms with van der Waals surface area (Å²) in [5, 5.41) is 8.26. The van der Waals surface area contributed by atoms with E-state index in [1.807, 2.05) is 0 Å². The lowest BCUT2D eigenvalue weighted by atomic mass is 10.0. The van der Waals surface area contributed by atoms with Gasteiger partial charge in [0, 0.05) is 0 Å². The molecule has 0 heterocycles. The van der Waals surface area contributed by atoms with Crippen LogP contribution in [0.3, 0.4) is 0 Å². The van der Waals surface area contributed by atoms with Crippen LogP contribution < -0.4 is 0 Å². The molecular formula is C21H26O2S. The second kappa shape index (κ2) is 10.2. The molecule has 0 amide bonds. The van der Waals surface area contributed by atoms with Crippen molar-refractivity contribution in [3.63, 3.8) is 0 Å². The van der Waals surface area contributed by atoms with Gasteiger partial charge in [-0.25, -0.2) is 0 Å². The quantitative estimate of drug-likeness (QED) is 0.473. The van der Waals surface area contributed by atoms with Crippen LogP contribution in [0.1, 0.15) is 42.4 Å². The maximum absolute atomic E-state index is 10.7. The van der Waals surface area contributed by atoms with Crippen molar-refractivity contribution < 1.29 is 9.90 Å². The molecule has 24 heavy (non-hydrogen) atoms. The van der Waals surface area contributed by atoms with Crippen LogP contribution in [-0.2, 0) is 24.1 Å². The summed E-state index contributed by atoms with van der Waals surface area (Å²) in [4.78, 5) is 10.7. The summed E-state index contributed by atoms with van der Waals surface area (Å²) in [6, 6.07) is 19.5. The summed E-state index contributed by atoms with van der Waals surface area (Å²) < 4.78 is 0. The highest BCUT2D eigenvalue weighted by Gasteiger charge is 2.10. The fraction of sp³-hybridized carbons (Fsp3) is 0.381. The molecule has 1 unspecified atom stereocenters. The Morgan fingerprint density at radius 2 is 1.33 bits per heavy atom. The molecule has 0 spiro atoms. The van der Waals surface area contributed by atoms with E-state index in [4.69, 9.17) is 5.11 Å². The first-order chi connectivity index (χ1) is 11.6. The average Bonchev–Trinajstić information content (AvgIpc) is 2.61. The van der Waals surface area contributed by atoms with E-state index in [1.54, 1.807) is 0 Å². The van der Waals surface area contributed by atoms with E-state index in [0.717, 1.165) is 38.5 Å². The summed E-state index contributed by atoms with van der Waals surface area (Å²) in [6.07, 6.45) is 6.94. The number of aliphatic carboxylic acids is 1. The standard InChI is InChI=1S/C21H26O2S/c22-21(23)20(24)10-6-2-5-9-18-12-15-19(16-13-18)14-11-17-7-3-1-4-8-17/h1,3-4,7-8,12-13,15-16,20,24H,2,5-6,9-11,14H2,(H,22,23). The van der Waals surface area contributed by atoms with Gasteiger partial charge in [0.1, 0.15) is 0 Å². The third-order valence-corrected chi connectivity index (χ3v) is 4.78. The molecule has 0 aliphatic heterocycles. The van der Waals surface area contributed by atoms with Crippen molar-refractivity contribution in [2.75, 3.05) is 0 Å². The van der Waals surface area contributed by atoms with Crippen LogP contribution >= 0.6 is 12.6 Å². The normalized spacial score (nSPS) is 12.0. The van der Waals surface area contributed by atoms with Crippen molar-refractivity contribution >= 4 is 18.6 Å². The minimum atomic E-state index is -0.815. The Kier molecular flexibility index (Phi) is 7.90. The Morgan fingerprint density at radius 3 is 1.92 bits per heavy atom. The number of carboxylic acid groups (broad SMARTS) is 1. The topological polar surface area (TPSA) is 37.3 Å². The van der Waals surface area contributed by atoms with Gasteiger partial charge < -0.3 is 5.11 Å². The minimum Gasteiger partial charge on any atom is -0.480 e. The average molecular weight is 343 g/mol. The first-order valence-corrected chi connectivity index (χ1v) is 9.19. The SMILES string of the molecule is O=C(O)C(S)CCCCCc1ccc(CCc2ccccc2)cc1. The van der Waals surface area contributed by atoms with Crippen molar-refractivity contribution in [1.29, 1.82) is 0 Å². The fourth-order valence-corrected chi connectivity index (χ4v) is 2.96. The van der Waals surface area contributed by atoms with Crippen LogP contribution in [0.25, 0.3) is 0 Å². The van der Waals surface area contributed by atoms with Crippen LogP contribution in [0.5, 0.6) is 0 Å². The molecule has 0 aliphatic carbocycles. The van der Waals surface area contributed by atoms with E-state index >= 15 is 0 Å². The van der Waals surface area contributed by atoms with E-state index in [9.17, 15) is 4.79 Å². The second-order valence-corrected chi connectivity index (χ2v) is 6.88. The molecule has 2 aromatic carbocycles. The summed E-state index contributed by atoms with van der Waals surface area (Å²) in [5.41, 5.74) is 4.12. The molecule has 0 radical (unpaired) electrons. The van der Waals surface area contributed by atoms with E-state index < -0.39 is 11.2 Å². The largest absolute Gasteiger partial charge is 0.480 e. The van der Waals surface area contributed by atoms with Crippen LogP contribution in [0, 0.1) is 0 Å². The predicted molar refractivity (Wildman–Crippen MR) is 103 cm³/mol. The Morgan fingerprint density at radius 1 is 0.792 bits per heavy atom. The molecular weight excluding hydrogens is 316 g/mol. The monoisotopic (exact) mass is 342 g/mol. The van der Waals surface area contributed by atoms with E-state index in [0.29, 0.717) is 6.42 Å². The predicted octanol–water partition coefficient (Wildman–Crippen LogP) is 4.96. The zero-order valence-corrected chi connectivity index (χ0v) is 14.9. The van der Waals surface area contributed by atoms with Gasteiger partial charge in [-0.3, -0.25) is 4.79 Å². The highest BCUT2D eigenvalue weighted by atomic mass is 32.1. The van der Waals surface area contributed by atoms with Crippen LogP contribution in [-0.4, -0.2) is 16.3 Å². The molecule has 1 atom stereocenters. The summed E-state index contributed by atoms with van der Waals surface area (Å²) in [7, 11) is 0. The minimum absolute atomic E-state index is 0.520. The van der Waals surface area contributed by atoms with Crippen molar-refractivity contribution in [3.05, 3.63) is 71.3 Å². The maximum atomic E-state index is 10.7. The number of carboxylic acids is 1. The molecule has 0 saturated heterocycles. The van der Waals surface area contributed by atoms with Crippen molar-refractivity contribution in [1.82, 2.24) is 0 Å². The molecule has 1 N–H and O–H groups in total. The molecule has 2 aromatic rings. The lowest BCUT2D eigenvalue weighted by Crippen LogP contribution is -2.12. The number of benzene rings is 2. The summed E-state index contributed by atoms with van der Waals surface area (Å²) >= 11 is 4.05. The number of hydrogen-bond acceptors (Lipinski definition) is 2. The van der Waals surface area contributed by atoms with Crippen molar-refractivity contribution in [3.8, 4) is 0 Å². The van der Waals surface area contributed by atoms with Crippen LogP contribution in [0.15, 0.2) is 54.6 Å². The van der Waals surface area contributed by atoms with E-state index in [2.05, 4.69) is 67.2 Å². The molecule has 0 aliphatic rings. The third-order valence-electron chi connectivity index (χ3n) is 4.30. The first kappa shape index (κ1) is 18.6. The summed E-state index contributed by atoms with van der Waals surface area (Å²) in [5.74, 6) is -0.815. The van der Waals surface area contributed by atoms with Gasteiger partial charge in [0.05, 0.1) is 5.25 Å². The van der Waals surface area contributed by atoms with E-state index in [-0.39, 0.29) is 0 Å². The number of carbonyl (C=O) groups is 1. The molecule has 2 rings (SSSR count). The third kappa shape index (κ3) is 6.79. The number of unbranched alkanes of at least 4 members (excludes halogenated alkanes) is 2. The molecule has 0 fully saturated rings. The lowest BCUT2D eigenvalue weighted by Gasteiger charge is -2.06. The number of aryl methyl sites for hydroxylation is 3. The Balaban J connectivity index is 1.66. The maximum Gasteiger partial charge on any atom is 0.316 e. The lowest BCUT2D eigenvalue weighted by molar-refractivity contribution is -0.136. The molecule has 0 bridgehead atoms. The molecule has 3 heteroatoms. The van der Waals surface area contributed by atoms with Crippen molar-refractivity contribution in [2.24, 2.45) is 0 Å². The van der Waals surface area contributed by atoms with Crippen LogP contribution in [0.4, 0.5) is 0 Å². The highest BCUT2D eigenvalue weighted by Crippen LogP contribution is 2.14. The Hall–Kier alpha value is -1.74. The van der Waals surface area contributed by atoms with Gasteiger partial charge in [0.25, 0.3) is 0 Å².